The zero-order valence-electron chi connectivity index (χ0n) is 19.2. The molecule has 1 atom stereocenters. The fourth-order valence-corrected chi connectivity index (χ4v) is 6.06. The summed E-state index contributed by atoms with van der Waals surface area (Å²) in [6.07, 6.45) is 3.07. The number of phenolic OH excluding ortho intramolecular Hbond substituents is 1. The minimum Gasteiger partial charge on any atom is -0.507 e. The number of aromatic nitrogens is 3. The molecule has 0 bridgehead atoms. The van der Waals surface area contributed by atoms with E-state index in [4.69, 9.17) is 0 Å². The molecule has 0 saturated carbocycles. The van der Waals surface area contributed by atoms with Gasteiger partial charge in [-0.15, -0.1) is 0 Å². The van der Waals surface area contributed by atoms with E-state index < -0.39 is 21.1 Å². The Morgan fingerprint density at radius 1 is 1.11 bits per heavy atom. The van der Waals surface area contributed by atoms with Gasteiger partial charge in [0, 0.05) is 24.7 Å². The van der Waals surface area contributed by atoms with Crippen molar-refractivity contribution in [3.8, 4) is 17.0 Å². The van der Waals surface area contributed by atoms with Crippen LogP contribution in [0.2, 0.25) is 0 Å². The number of para-hydroxylation sites is 1. The fourth-order valence-electron chi connectivity index (χ4n) is 3.50. The first-order chi connectivity index (χ1) is 17.3. The highest BCUT2D eigenvalue weighted by molar-refractivity contribution is 9.10. The Morgan fingerprint density at radius 3 is 2.61 bits per heavy atom. The Balaban J connectivity index is 1.37. The molecule has 4 rings (SSSR count). The third-order valence-corrected chi connectivity index (χ3v) is 8.53. The molecule has 2 aromatic carbocycles. The first-order valence-corrected chi connectivity index (χ1v) is 14.3. The van der Waals surface area contributed by atoms with Crippen LogP contribution in [0.5, 0.6) is 5.75 Å². The number of nitrogens with one attached hydrogen (secondary N) is 2. The lowest BCUT2D eigenvalue weighted by Gasteiger charge is -2.12. The highest BCUT2D eigenvalue weighted by Gasteiger charge is 2.21. The predicted octanol–water partition coefficient (Wildman–Crippen LogP) is 3.70. The molecule has 0 aliphatic carbocycles. The lowest BCUT2D eigenvalue weighted by Crippen LogP contribution is -2.21. The number of phenols is 1. The van der Waals surface area contributed by atoms with Crippen molar-refractivity contribution in [2.24, 2.45) is 0 Å². The van der Waals surface area contributed by atoms with Crippen LogP contribution in [0.1, 0.15) is 12.8 Å². The molecule has 3 N–H and O–H groups in total. The molecule has 0 aliphatic rings. The summed E-state index contributed by atoms with van der Waals surface area (Å²) in [7, 11) is -4.60. The lowest BCUT2D eigenvalue weighted by molar-refractivity contribution is 0.396. The molecular weight excluding hydrogens is 570 g/mol. The number of aromatic hydroxyl groups is 1. The summed E-state index contributed by atoms with van der Waals surface area (Å²) in [6.45, 7) is 1.01. The minimum atomic E-state index is -3.96. The molecule has 0 aliphatic heterocycles. The molecule has 13 heteroatoms. The maximum atomic E-state index is 12.7. The molecule has 0 spiro atoms. The monoisotopic (exact) mass is 593 g/mol. The Labute approximate surface area is 219 Å². The topological polar surface area (TPSA) is 135 Å². The van der Waals surface area contributed by atoms with Crippen LogP contribution in [-0.4, -0.2) is 52.5 Å². The number of unbranched alkanes of at least 4 members (excludes halogenated alkanes) is 1. The number of fused-ring (bicyclic) bond motifs is 1. The summed E-state index contributed by atoms with van der Waals surface area (Å²) in [4.78, 5) is 4.65. The van der Waals surface area contributed by atoms with Gasteiger partial charge in [-0.05, 0) is 53.0 Å². The average molecular weight is 595 g/mol. The third kappa shape index (κ3) is 5.76. The highest BCUT2D eigenvalue weighted by atomic mass is 79.9. The van der Waals surface area contributed by atoms with Gasteiger partial charge in [0.15, 0.2) is 5.65 Å². The Bertz CT molecular complexity index is 1510. The van der Waals surface area contributed by atoms with E-state index in [1.165, 1.54) is 12.1 Å². The van der Waals surface area contributed by atoms with E-state index in [2.05, 4.69) is 40.2 Å². The van der Waals surface area contributed by atoms with Crippen LogP contribution >= 0.6 is 15.9 Å². The van der Waals surface area contributed by atoms with Crippen LogP contribution in [0.25, 0.3) is 16.9 Å². The minimum absolute atomic E-state index is 0.118. The lowest BCUT2D eigenvalue weighted by atomic mass is 10.1. The van der Waals surface area contributed by atoms with Gasteiger partial charge in [-0.2, -0.15) is 18.0 Å². The SMILES string of the molecule is COS(=O)(=O)c1ccccc1S(=O)NCCCCNc1cc(-c2ccccc2O)nc2c(Br)cnn12. The van der Waals surface area contributed by atoms with Crippen molar-refractivity contribution in [2.75, 3.05) is 25.5 Å². The molecule has 0 radical (unpaired) electrons. The number of anilines is 1. The van der Waals surface area contributed by atoms with Gasteiger partial charge in [0.2, 0.25) is 0 Å². The van der Waals surface area contributed by atoms with Gasteiger partial charge >= 0.3 is 0 Å². The van der Waals surface area contributed by atoms with E-state index >= 15 is 0 Å². The third-order valence-electron chi connectivity index (χ3n) is 5.29. The molecule has 36 heavy (non-hydrogen) atoms. The molecule has 0 fully saturated rings. The van der Waals surface area contributed by atoms with Crippen LogP contribution in [0, 0.1) is 0 Å². The fraction of sp³-hybridized carbons (Fsp3) is 0.217. The van der Waals surface area contributed by atoms with Crippen LogP contribution in [0.3, 0.4) is 0 Å². The van der Waals surface area contributed by atoms with Crippen molar-refractivity contribution < 1.29 is 21.9 Å². The number of rotatable bonds is 11. The Hall–Kier alpha value is -2.84. The average Bonchev–Trinajstić information content (AvgIpc) is 3.26. The van der Waals surface area contributed by atoms with Gasteiger partial charge in [-0.3, -0.25) is 4.18 Å². The van der Waals surface area contributed by atoms with Gasteiger partial charge < -0.3 is 10.4 Å². The van der Waals surface area contributed by atoms with Gasteiger partial charge in [0.1, 0.15) is 27.4 Å². The molecule has 0 amide bonds. The number of hydrogen-bond acceptors (Lipinski definition) is 8. The van der Waals surface area contributed by atoms with Crippen LogP contribution in [0.4, 0.5) is 5.82 Å². The van der Waals surface area contributed by atoms with E-state index in [0.717, 1.165) is 18.0 Å². The largest absolute Gasteiger partial charge is 0.507 e. The molecule has 2 heterocycles. The number of hydrogen-bond donors (Lipinski definition) is 3. The molecule has 0 saturated heterocycles. The smallest absolute Gasteiger partial charge is 0.297 e. The van der Waals surface area contributed by atoms with E-state index in [-0.39, 0.29) is 15.5 Å². The second kappa shape index (κ2) is 11.5. The molecule has 190 valence electrons. The van der Waals surface area contributed by atoms with Crippen molar-refractivity contribution in [3.05, 3.63) is 65.3 Å². The number of benzene rings is 2. The Morgan fingerprint density at radius 2 is 1.83 bits per heavy atom. The first kappa shape index (κ1) is 26.2. The maximum Gasteiger partial charge on any atom is 0.297 e. The molecule has 10 nitrogen and oxygen atoms in total. The van der Waals surface area contributed by atoms with Crippen molar-refractivity contribution in [3.63, 3.8) is 0 Å². The van der Waals surface area contributed by atoms with Gasteiger partial charge in [0.25, 0.3) is 10.1 Å². The second-order valence-electron chi connectivity index (χ2n) is 7.64. The van der Waals surface area contributed by atoms with E-state index in [1.54, 1.807) is 41.0 Å². The standard InChI is InChI=1S/C23H24BrN5O5S2/c1-34-36(32,33)21-11-5-4-10-20(21)35(31)27-13-7-6-12-25-22-14-18(16-8-2-3-9-19(16)30)28-23-17(24)15-26-29(22)23/h2-5,8-11,14-15,25,27,30H,6-7,12-13H2,1H3. The molecular formula is C23H24BrN5O5S2. The van der Waals surface area contributed by atoms with E-state index in [1.807, 2.05) is 12.1 Å². The zero-order chi connectivity index (χ0) is 25.7. The maximum absolute atomic E-state index is 12.7. The highest BCUT2D eigenvalue weighted by Crippen LogP contribution is 2.31. The summed E-state index contributed by atoms with van der Waals surface area (Å²) in [6, 6.07) is 14.9. The molecule has 2 aromatic heterocycles. The predicted molar refractivity (Wildman–Crippen MR) is 141 cm³/mol. The van der Waals surface area contributed by atoms with Crippen LogP contribution < -0.4 is 10.0 Å². The quantitative estimate of drug-likeness (QED) is 0.177. The number of halogens is 1. The van der Waals surface area contributed by atoms with Crippen molar-refractivity contribution in [2.45, 2.75) is 22.6 Å². The Kier molecular flexibility index (Phi) is 8.36. The van der Waals surface area contributed by atoms with Gasteiger partial charge in [0.05, 0.1) is 28.4 Å². The molecule has 1 unspecified atom stereocenters. The summed E-state index contributed by atoms with van der Waals surface area (Å²) >= 11 is 3.46. The number of nitrogens with zero attached hydrogens (tertiary/aromatic N) is 3. The summed E-state index contributed by atoms with van der Waals surface area (Å²) < 4.78 is 46.6. The summed E-state index contributed by atoms with van der Waals surface area (Å²) in [5, 5.41) is 18.0. The van der Waals surface area contributed by atoms with Crippen molar-refractivity contribution in [1.82, 2.24) is 19.3 Å². The zero-order valence-corrected chi connectivity index (χ0v) is 22.4. The van der Waals surface area contributed by atoms with E-state index in [9.17, 15) is 17.7 Å². The van der Waals surface area contributed by atoms with Crippen LogP contribution in [0.15, 0.2) is 75.1 Å². The summed E-state index contributed by atoms with van der Waals surface area (Å²) in [5.41, 5.74) is 1.82. The van der Waals surface area contributed by atoms with Crippen molar-refractivity contribution in [1.29, 1.82) is 0 Å². The second-order valence-corrected chi connectivity index (χ2v) is 11.4. The molecule has 4 aromatic rings. The van der Waals surface area contributed by atoms with E-state index in [0.29, 0.717) is 42.2 Å². The van der Waals surface area contributed by atoms with Crippen molar-refractivity contribution >= 4 is 48.5 Å². The normalized spacial score (nSPS) is 12.6. The first-order valence-electron chi connectivity index (χ1n) is 10.9. The van der Waals surface area contributed by atoms with Gasteiger partial charge in [-0.1, -0.05) is 24.3 Å². The van der Waals surface area contributed by atoms with Crippen LogP contribution in [-0.2, 0) is 25.3 Å². The summed E-state index contributed by atoms with van der Waals surface area (Å²) in [5.74, 6) is 0.842. The van der Waals surface area contributed by atoms with Gasteiger partial charge in [-0.25, -0.2) is 13.9 Å².